The zero-order valence-electron chi connectivity index (χ0n) is 7.76. The number of hydrogen-bond donors (Lipinski definition) is 1. The molecule has 2 bridgehead atoms. The van der Waals surface area contributed by atoms with E-state index in [2.05, 4.69) is 0 Å². The van der Waals surface area contributed by atoms with E-state index in [4.69, 9.17) is 0 Å². The molecule has 0 spiro atoms. The molecule has 0 aromatic carbocycles. The van der Waals surface area contributed by atoms with E-state index in [1.54, 1.807) is 0 Å². The second-order valence-electron chi connectivity index (χ2n) is 6.35. The smallest absolute Gasteiger partial charge is 0.0605 e. The fraction of sp³-hybridized carbons (Fsp3) is 1.00. The first-order valence-corrected chi connectivity index (χ1v) is 6.04. The van der Waals surface area contributed by atoms with E-state index < -0.39 is 0 Å². The Labute approximate surface area is 78.5 Å². The predicted octanol–water partition coefficient (Wildman–Crippen LogP) is 1.52. The molecule has 5 saturated carbocycles. The number of fused-ring (bicyclic) bond motifs is 1. The number of hydrogen-bond acceptors (Lipinski definition) is 1. The average molecular weight is 176 g/mol. The minimum atomic E-state index is 0.127. The lowest BCUT2D eigenvalue weighted by molar-refractivity contribution is 0.0720. The molecule has 9 atom stereocenters. The van der Waals surface area contributed by atoms with Gasteiger partial charge in [0.05, 0.1) is 6.10 Å². The van der Waals surface area contributed by atoms with Gasteiger partial charge in [-0.15, -0.1) is 0 Å². The van der Waals surface area contributed by atoms with Crippen molar-refractivity contribution in [1.82, 2.24) is 0 Å². The van der Waals surface area contributed by atoms with Crippen molar-refractivity contribution in [3.05, 3.63) is 0 Å². The largest absolute Gasteiger partial charge is 0.393 e. The van der Waals surface area contributed by atoms with E-state index in [-0.39, 0.29) is 6.10 Å². The lowest BCUT2D eigenvalue weighted by Crippen LogP contribution is -2.26. The summed E-state index contributed by atoms with van der Waals surface area (Å²) in [5, 5.41) is 10.3. The molecule has 0 aliphatic heterocycles. The van der Waals surface area contributed by atoms with Crippen molar-refractivity contribution in [3.63, 3.8) is 0 Å². The van der Waals surface area contributed by atoms with E-state index in [0.29, 0.717) is 0 Å². The van der Waals surface area contributed by atoms with Crippen molar-refractivity contribution in [3.8, 4) is 0 Å². The Morgan fingerprint density at radius 1 is 0.692 bits per heavy atom. The first-order chi connectivity index (χ1) is 6.36. The molecular formula is C12H16O. The Balaban J connectivity index is 1.84. The van der Waals surface area contributed by atoms with Gasteiger partial charge in [0.1, 0.15) is 0 Å². The van der Waals surface area contributed by atoms with E-state index in [0.717, 1.165) is 47.3 Å². The standard InChI is InChI=1S/C12H16O/c13-12-8-2-4-1-5-6-3-7(11(5)12)10(8)9(4)6/h4-13H,1-3H2/t4-,5?,6-,7+,8-,9-,10-,11?,12-/m1/s1. The zero-order valence-corrected chi connectivity index (χ0v) is 7.76. The molecule has 1 heteroatoms. The predicted molar refractivity (Wildman–Crippen MR) is 47.8 cm³/mol. The fourth-order valence-corrected chi connectivity index (χ4v) is 6.70. The summed E-state index contributed by atoms with van der Waals surface area (Å²) < 4.78 is 0. The molecule has 5 rings (SSSR count). The molecule has 2 unspecified atom stereocenters. The first-order valence-electron chi connectivity index (χ1n) is 6.04. The van der Waals surface area contributed by atoms with Gasteiger partial charge < -0.3 is 5.11 Å². The summed E-state index contributed by atoms with van der Waals surface area (Å²) in [6, 6.07) is 0. The van der Waals surface area contributed by atoms with Crippen molar-refractivity contribution in [1.29, 1.82) is 0 Å². The molecule has 0 heterocycles. The highest BCUT2D eigenvalue weighted by Gasteiger charge is 2.75. The molecule has 0 radical (unpaired) electrons. The third kappa shape index (κ3) is 0.439. The van der Waals surface area contributed by atoms with Gasteiger partial charge in [0.25, 0.3) is 0 Å². The van der Waals surface area contributed by atoms with Crippen molar-refractivity contribution in [2.75, 3.05) is 0 Å². The monoisotopic (exact) mass is 176 g/mol. The molecule has 5 aliphatic carbocycles. The van der Waals surface area contributed by atoms with E-state index in [9.17, 15) is 5.11 Å². The average Bonchev–Trinajstić information content (AvgIpc) is 2.68. The molecule has 1 N–H and O–H groups in total. The van der Waals surface area contributed by atoms with Crippen LogP contribution in [0.3, 0.4) is 0 Å². The van der Waals surface area contributed by atoms with Crippen LogP contribution in [0, 0.1) is 47.3 Å². The van der Waals surface area contributed by atoms with Crippen LogP contribution in [0.25, 0.3) is 0 Å². The molecule has 13 heavy (non-hydrogen) atoms. The van der Waals surface area contributed by atoms with Gasteiger partial charge in [-0.05, 0) is 66.6 Å². The number of aliphatic hydroxyl groups excluding tert-OH is 1. The summed E-state index contributed by atoms with van der Waals surface area (Å²) in [6.45, 7) is 0. The minimum absolute atomic E-state index is 0.127. The maximum absolute atomic E-state index is 10.3. The normalized spacial score (nSPS) is 80.5. The highest BCUT2D eigenvalue weighted by atomic mass is 16.3. The second kappa shape index (κ2) is 1.60. The van der Waals surface area contributed by atoms with Crippen LogP contribution in [-0.4, -0.2) is 11.2 Å². The zero-order chi connectivity index (χ0) is 8.32. The Kier molecular flexibility index (Phi) is 0.793. The third-order valence-corrected chi connectivity index (χ3v) is 6.54. The maximum atomic E-state index is 10.3. The summed E-state index contributed by atoms with van der Waals surface area (Å²) in [5.41, 5.74) is 0. The van der Waals surface area contributed by atoms with Gasteiger partial charge >= 0.3 is 0 Å². The molecule has 0 aromatic rings. The topological polar surface area (TPSA) is 20.2 Å². The van der Waals surface area contributed by atoms with Crippen LogP contribution in [0.2, 0.25) is 0 Å². The van der Waals surface area contributed by atoms with Gasteiger partial charge in [0.15, 0.2) is 0 Å². The summed E-state index contributed by atoms with van der Waals surface area (Å²) in [4.78, 5) is 0. The molecule has 5 fully saturated rings. The summed E-state index contributed by atoms with van der Waals surface area (Å²) >= 11 is 0. The van der Waals surface area contributed by atoms with Crippen LogP contribution < -0.4 is 0 Å². The molecular weight excluding hydrogens is 160 g/mol. The molecule has 70 valence electrons. The van der Waals surface area contributed by atoms with Crippen LogP contribution in [0.1, 0.15) is 19.3 Å². The van der Waals surface area contributed by atoms with E-state index >= 15 is 0 Å². The third-order valence-electron chi connectivity index (χ3n) is 6.54. The summed E-state index contributed by atoms with van der Waals surface area (Å²) in [7, 11) is 0. The lowest BCUT2D eigenvalue weighted by atomic mass is 9.79. The van der Waals surface area contributed by atoms with Crippen molar-refractivity contribution < 1.29 is 5.11 Å². The van der Waals surface area contributed by atoms with Gasteiger partial charge in [-0.2, -0.15) is 0 Å². The van der Waals surface area contributed by atoms with Gasteiger partial charge in [0, 0.05) is 0 Å². The second-order valence-corrected chi connectivity index (χ2v) is 6.35. The fourth-order valence-electron chi connectivity index (χ4n) is 6.70. The number of rotatable bonds is 0. The highest BCUT2D eigenvalue weighted by molar-refractivity contribution is 5.23. The van der Waals surface area contributed by atoms with Crippen LogP contribution in [0.5, 0.6) is 0 Å². The molecule has 0 amide bonds. The van der Waals surface area contributed by atoms with E-state index in [1.807, 2.05) is 0 Å². The maximum Gasteiger partial charge on any atom is 0.0605 e. The quantitative estimate of drug-likeness (QED) is 0.593. The Morgan fingerprint density at radius 2 is 1.46 bits per heavy atom. The van der Waals surface area contributed by atoms with Crippen LogP contribution in [0.4, 0.5) is 0 Å². The first kappa shape index (κ1) is 6.44. The summed E-state index contributed by atoms with van der Waals surface area (Å²) in [6.07, 6.45) is 4.54. The highest BCUT2D eigenvalue weighted by Crippen LogP contribution is 2.78. The van der Waals surface area contributed by atoms with Crippen LogP contribution in [0.15, 0.2) is 0 Å². The van der Waals surface area contributed by atoms with Crippen LogP contribution in [-0.2, 0) is 0 Å². The van der Waals surface area contributed by atoms with Gasteiger partial charge in [-0.1, -0.05) is 0 Å². The van der Waals surface area contributed by atoms with Crippen molar-refractivity contribution in [2.45, 2.75) is 25.4 Å². The van der Waals surface area contributed by atoms with Gasteiger partial charge in [-0.3, -0.25) is 0 Å². The molecule has 0 saturated heterocycles. The Morgan fingerprint density at radius 3 is 2.38 bits per heavy atom. The molecule has 1 nitrogen and oxygen atoms in total. The lowest BCUT2D eigenvalue weighted by Gasteiger charge is -2.26. The Hall–Kier alpha value is -0.0400. The van der Waals surface area contributed by atoms with E-state index in [1.165, 1.54) is 19.3 Å². The van der Waals surface area contributed by atoms with Gasteiger partial charge in [0.2, 0.25) is 0 Å². The van der Waals surface area contributed by atoms with Crippen molar-refractivity contribution in [2.24, 2.45) is 47.3 Å². The van der Waals surface area contributed by atoms with Gasteiger partial charge in [-0.25, -0.2) is 0 Å². The Bertz CT molecular complexity index is 285. The SMILES string of the molecule is O[C@H]1C2C3C[C@@H]4C[C@@H]1[C@@H]1[C@H]4[C@@H]3C[C@H]21. The minimum Gasteiger partial charge on any atom is -0.393 e. The van der Waals surface area contributed by atoms with Crippen LogP contribution >= 0.6 is 0 Å². The molecule has 5 aliphatic rings. The number of aliphatic hydroxyl groups is 1. The summed E-state index contributed by atoms with van der Waals surface area (Å²) in [5.74, 6) is 7.68. The van der Waals surface area contributed by atoms with Crippen molar-refractivity contribution >= 4 is 0 Å². The molecule has 0 aromatic heterocycles.